The van der Waals surface area contributed by atoms with E-state index in [0.29, 0.717) is 18.0 Å². The number of nitrogens with two attached hydrogens (primary N) is 1. The van der Waals surface area contributed by atoms with E-state index in [0.717, 1.165) is 28.2 Å². The van der Waals surface area contributed by atoms with Crippen molar-refractivity contribution >= 4 is 32.7 Å². The number of nitrogens with zero attached hydrogens (tertiary/aromatic N) is 1. The van der Waals surface area contributed by atoms with Crippen molar-refractivity contribution in [3.63, 3.8) is 0 Å². The smallest absolute Gasteiger partial charge is 0.138 e. The van der Waals surface area contributed by atoms with Crippen molar-refractivity contribution in [1.29, 1.82) is 0 Å². The van der Waals surface area contributed by atoms with Gasteiger partial charge in [0, 0.05) is 5.39 Å². The second kappa shape index (κ2) is 5.70. The topological polar surface area (TPSA) is 48.1 Å². The molecule has 0 aliphatic carbocycles. The Balaban J connectivity index is 1.74. The van der Waals surface area contributed by atoms with Gasteiger partial charge in [-0.15, -0.1) is 0 Å². The number of aryl methyl sites for hydroxylation is 1. The molecule has 4 heteroatoms. The average molecular weight is 335 g/mol. The molecule has 0 amide bonds. The number of benzene rings is 1. The van der Waals surface area contributed by atoms with Gasteiger partial charge in [-0.25, -0.2) is 4.98 Å². The maximum atomic E-state index is 5.86. The van der Waals surface area contributed by atoms with Crippen molar-refractivity contribution in [1.82, 2.24) is 4.98 Å². The summed E-state index contributed by atoms with van der Waals surface area (Å²) in [5.74, 6) is 0.544. The van der Waals surface area contributed by atoms with Gasteiger partial charge >= 0.3 is 0 Å². The fourth-order valence-corrected chi connectivity index (χ4v) is 3.12. The Morgan fingerprint density at radius 1 is 1.35 bits per heavy atom. The predicted molar refractivity (Wildman–Crippen MR) is 85.7 cm³/mol. The first-order valence-corrected chi connectivity index (χ1v) is 7.91. The highest BCUT2D eigenvalue weighted by molar-refractivity contribution is 9.10. The maximum Gasteiger partial charge on any atom is 0.138 e. The van der Waals surface area contributed by atoms with Crippen molar-refractivity contribution in [2.45, 2.75) is 44.8 Å². The van der Waals surface area contributed by atoms with Gasteiger partial charge < -0.3 is 10.5 Å². The molecule has 1 aliphatic rings. The van der Waals surface area contributed by atoms with E-state index >= 15 is 0 Å². The van der Waals surface area contributed by atoms with Crippen LogP contribution in [0, 0.1) is 0 Å². The highest BCUT2D eigenvalue weighted by atomic mass is 79.9. The number of anilines is 1. The van der Waals surface area contributed by atoms with Gasteiger partial charge in [0.2, 0.25) is 0 Å². The second-order valence-corrected chi connectivity index (χ2v) is 6.42. The zero-order chi connectivity index (χ0) is 14.1. The third-order valence-corrected chi connectivity index (χ3v) is 4.57. The van der Waals surface area contributed by atoms with E-state index in [4.69, 9.17) is 10.5 Å². The number of ether oxygens (including phenoxy) is 1. The number of fused-ring (bicyclic) bond motifs is 1. The molecule has 106 valence electrons. The minimum Gasteiger partial charge on any atom is -0.383 e. The van der Waals surface area contributed by atoms with Crippen LogP contribution < -0.4 is 5.73 Å². The summed E-state index contributed by atoms with van der Waals surface area (Å²) in [6.07, 6.45) is 5.34. The predicted octanol–water partition coefficient (Wildman–Crippen LogP) is 4.08. The van der Waals surface area contributed by atoms with Crippen LogP contribution >= 0.6 is 15.9 Å². The van der Waals surface area contributed by atoms with E-state index in [2.05, 4.69) is 46.0 Å². The van der Waals surface area contributed by atoms with Crippen molar-refractivity contribution in [2.75, 3.05) is 5.73 Å². The Bertz CT molecular complexity index is 629. The number of nitrogen functional groups attached to an aromatic ring is 1. The van der Waals surface area contributed by atoms with E-state index < -0.39 is 0 Å². The zero-order valence-corrected chi connectivity index (χ0v) is 13.2. The van der Waals surface area contributed by atoms with Gasteiger partial charge in [-0.2, -0.15) is 0 Å². The van der Waals surface area contributed by atoms with Crippen LogP contribution in [-0.4, -0.2) is 17.2 Å². The van der Waals surface area contributed by atoms with Crippen LogP contribution in [0.5, 0.6) is 0 Å². The molecule has 3 nitrogen and oxygen atoms in total. The Morgan fingerprint density at radius 3 is 2.95 bits per heavy atom. The van der Waals surface area contributed by atoms with E-state index in [1.165, 1.54) is 18.4 Å². The summed E-state index contributed by atoms with van der Waals surface area (Å²) in [4.78, 5) is 4.43. The van der Waals surface area contributed by atoms with Crippen molar-refractivity contribution in [3.8, 4) is 0 Å². The monoisotopic (exact) mass is 334 g/mol. The van der Waals surface area contributed by atoms with Crippen molar-refractivity contribution in [2.24, 2.45) is 0 Å². The molecule has 2 aromatic rings. The first kappa shape index (κ1) is 13.8. The lowest BCUT2D eigenvalue weighted by atomic mass is 10.0. The number of pyridine rings is 1. The average Bonchev–Trinajstić information content (AvgIpc) is 2.84. The Kier molecular flexibility index (Phi) is 3.94. The third-order valence-electron chi connectivity index (χ3n) is 3.94. The molecule has 2 atom stereocenters. The van der Waals surface area contributed by atoms with Crippen LogP contribution in [0.25, 0.3) is 10.9 Å². The van der Waals surface area contributed by atoms with Gasteiger partial charge in [-0.1, -0.05) is 12.1 Å². The Morgan fingerprint density at radius 2 is 2.20 bits per heavy atom. The van der Waals surface area contributed by atoms with Gasteiger partial charge in [-0.3, -0.25) is 0 Å². The highest BCUT2D eigenvalue weighted by Gasteiger charge is 2.21. The molecule has 20 heavy (non-hydrogen) atoms. The van der Waals surface area contributed by atoms with Crippen molar-refractivity contribution in [3.05, 3.63) is 34.3 Å². The molecule has 0 unspecified atom stereocenters. The number of hydrogen-bond donors (Lipinski definition) is 1. The summed E-state index contributed by atoms with van der Waals surface area (Å²) >= 11 is 3.41. The molecule has 0 bridgehead atoms. The molecule has 1 aromatic heterocycles. The van der Waals surface area contributed by atoms with Gasteiger partial charge in [0.25, 0.3) is 0 Å². The van der Waals surface area contributed by atoms with Gasteiger partial charge in [0.15, 0.2) is 0 Å². The normalized spacial score (nSPS) is 22.5. The summed E-state index contributed by atoms with van der Waals surface area (Å²) in [5.41, 5.74) is 8.11. The van der Waals surface area contributed by atoms with Gasteiger partial charge in [0.05, 0.1) is 22.2 Å². The van der Waals surface area contributed by atoms with Crippen LogP contribution in [0.3, 0.4) is 0 Å². The summed E-state index contributed by atoms with van der Waals surface area (Å²) < 4.78 is 6.72. The van der Waals surface area contributed by atoms with Crippen LogP contribution in [0.4, 0.5) is 5.82 Å². The van der Waals surface area contributed by atoms with Gasteiger partial charge in [0.1, 0.15) is 5.82 Å². The molecular weight excluding hydrogens is 316 g/mol. The molecule has 0 radical (unpaired) electrons. The third kappa shape index (κ3) is 2.96. The first-order valence-electron chi connectivity index (χ1n) is 7.12. The SMILES string of the molecule is C[C@H]1CC[C@@H](CCc2ccc3cc(Br)c(N)nc3c2)O1. The molecule has 1 aliphatic heterocycles. The number of halogens is 1. The molecule has 3 rings (SSSR count). The molecule has 1 fully saturated rings. The second-order valence-electron chi connectivity index (χ2n) is 5.57. The minimum absolute atomic E-state index is 0.420. The van der Waals surface area contributed by atoms with Crippen LogP contribution in [0.1, 0.15) is 31.7 Å². The fourth-order valence-electron chi connectivity index (χ4n) is 2.78. The van der Waals surface area contributed by atoms with E-state index in [9.17, 15) is 0 Å². The van der Waals surface area contributed by atoms with Crippen LogP contribution in [0.2, 0.25) is 0 Å². The minimum atomic E-state index is 0.420. The summed E-state index contributed by atoms with van der Waals surface area (Å²) in [6, 6.07) is 8.44. The number of hydrogen-bond acceptors (Lipinski definition) is 3. The lowest BCUT2D eigenvalue weighted by Crippen LogP contribution is -2.09. The van der Waals surface area contributed by atoms with E-state index in [-0.39, 0.29) is 0 Å². The maximum absolute atomic E-state index is 5.86. The standard InChI is InChI=1S/C16H19BrN2O/c1-10-2-6-13(20-10)7-4-11-3-5-12-9-14(17)16(18)19-15(12)8-11/h3,5,8-10,13H,2,4,6-7H2,1H3,(H2,18,19)/t10-,13-/m0/s1. The Labute approximate surface area is 127 Å². The first-order chi connectivity index (χ1) is 9.61. The molecule has 1 saturated heterocycles. The largest absolute Gasteiger partial charge is 0.383 e. The lowest BCUT2D eigenvalue weighted by Gasteiger charge is -2.11. The van der Waals surface area contributed by atoms with E-state index in [1.807, 2.05) is 6.07 Å². The molecule has 2 heterocycles. The highest BCUT2D eigenvalue weighted by Crippen LogP contribution is 2.26. The quantitative estimate of drug-likeness (QED) is 0.919. The molecule has 1 aromatic carbocycles. The number of aromatic nitrogens is 1. The summed E-state index contributed by atoms with van der Waals surface area (Å²) in [6.45, 7) is 2.15. The van der Waals surface area contributed by atoms with E-state index in [1.54, 1.807) is 0 Å². The molecule has 2 N–H and O–H groups in total. The summed E-state index contributed by atoms with van der Waals surface area (Å²) in [5, 5.41) is 1.11. The Hall–Kier alpha value is -1.13. The van der Waals surface area contributed by atoms with Gasteiger partial charge in [-0.05, 0) is 66.2 Å². The fraction of sp³-hybridized carbons (Fsp3) is 0.438. The molecule has 0 spiro atoms. The zero-order valence-electron chi connectivity index (χ0n) is 11.6. The van der Waals surface area contributed by atoms with Crippen molar-refractivity contribution < 1.29 is 4.74 Å². The van der Waals surface area contributed by atoms with Crippen LogP contribution in [-0.2, 0) is 11.2 Å². The lowest BCUT2D eigenvalue weighted by molar-refractivity contribution is 0.0512. The summed E-state index contributed by atoms with van der Waals surface area (Å²) in [7, 11) is 0. The molecular formula is C16H19BrN2O. The number of rotatable bonds is 3. The van der Waals surface area contributed by atoms with Crippen LogP contribution in [0.15, 0.2) is 28.7 Å². The molecule has 0 saturated carbocycles.